The lowest BCUT2D eigenvalue weighted by Crippen LogP contribution is -2.29. The minimum absolute atomic E-state index is 0.0444. The zero-order valence-electron chi connectivity index (χ0n) is 14.4. The van der Waals surface area contributed by atoms with Gasteiger partial charge in [0.05, 0.1) is 28.1 Å². The topological polar surface area (TPSA) is 57.0 Å². The number of rotatable bonds is 5. The van der Waals surface area contributed by atoms with Gasteiger partial charge in [-0.15, -0.1) is 0 Å². The summed E-state index contributed by atoms with van der Waals surface area (Å²) in [5.41, 5.74) is 1.39. The third kappa shape index (κ3) is 4.14. The predicted molar refractivity (Wildman–Crippen MR) is 109 cm³/mol. The van der Waals surface area contributed by atoms with Crippen LogP contribution < -0.4 is 5.56 Å². The van der Waals surface area contributed by atoms with Gasteiger partial charge in [-0.1, -0.05) is 41.0 Å². The Hall–Kier alpha value is -1.60. The van der Waals surface area contributed by atoms with Crippen molar-refractivity contribution in [2.24, 2.45) is 0 Å². The Labute approximate surface area is 170 Å². The number of halogens is 2. The molecule has 3 aromatic rings. The maximum atomic E-state index is 13.0. The summed E-state index contributed by atoms with van der Waals surface area (Å²) in [7, 11) is 0. The molecule has 0 saturated carbocycles. The van der Waals surface area contributed by atoms with Gasteiger partial charge in [-0.05, 0) is 42.7 Å². The summed E-state index contributed by atoms with van der Waals surface area (Å²) in [6.07, 6.45) is 3.66. The Balaban J connectivity index is 1.68. The van der Waals surface area contributed by atoms with Gasteiger partial charge in [0.2, 0.25) is 0 Å². The van der Waals surface area contributed by atoms with Crippen LogP contribution >= 0.6 is 35.0 Å². The molecule has 2 aromatic heterocycles. The van der Waals surface area contributed by atoms with E-state index in [4.69, 9.17) is 27.9 Å². The first-order valence-electron chi connectivity index (χ1n) is 8.66. The van der Waals surface area contributed by atoms with Crippen molar-refractivity contribution < 1.29 is 4.74 Å². The van der Waals surface area contributed by atoms with Crippen LogP contribution in [0.3, 0.4) is 0 Å². The molecule has 140 valence electrons. The highest BCUT2D eigenvalue weighted by atomic mass is 35.5. The lowest BCUT2D eigenvalue weighted by atomic mass is 10.2. The second kappa shape index (κ2) is 8.19. The maximum Gasteiger partial charge on any atom is 0.263 e. The third-order valence-electron chi connectivity index (χ3n) is 4.46. The molecule has 1 aliphatic rings. The minimum Gasteiger partial charge on any atom is -0.376 e. The molecule has 0 spiro atoms. The molecule has 1 atom stereocenters. The quantitative estimate of drug-likeness (QED) is 0.445. The van der Waals surface area contributed by atoms with Gasteiger partial charge in [-0.3, -0.25) is 9.36 Å². The van der Waals surface area contributed by atoms with Crippen LogP contribution in [0.4, 0.5) is 0 Å². The van der Waals surface area contributed by atoms with Crippen LogP contribution in [0.5, 0.6) is 0 Å². The van der Waals surface area contributed by atoms with E-state index >= 15 is 0 Å². The molecule has 1 aliphatic heterocycles. The normalized spacial score (nSPS) is 16.9. The standard InChI is InChI=1S/C19H17Cl2N3O2S/c20-15-6-5-12(9-16(15)21)11-27-19-23-17-14(4-1-7-22-17)18(25)24(19)10-13-3-2-8-26-13/h1,4-7,9,13H,2-3,8,10-11H2. The zero-order valence-corrected chi connectivity index (χ0v) is 16.7. The number of nitrogens with zero attached hydrogens (tertiary/aromatic N) is 3. The smallest absolute Gasteiger partial charge is 0.263 e. The van der Waals surface area contributed by atoms with Crippen molar-refractivity contribution in [2.45, 2.75) is 36.4 Å². The highest BCUT2D eigenvalue weighted by Crippen LogP contribution is 2.27. The van der Waals surface area contributed by atoms with E-state index in [0.717, 1.165) is 25.0 Å². The fraction of sp³-hybridized carbons (Fsp3) is 0.316. The summed E-state index contributed by atoms with van der Waals surface area (Å²) < 4.78 is 7.44. The van der Waals surface area contributed by atoms with Gasteiger partial charge >= 0.3 is 0 Å². The Bertz CT molecular complexity index is 1040. The summed E-state index contributed by atoms with van der Waals surface area (Å²) in [5.74, 6) is 0.618. The van der Waals surface area contributed by atoms with Gasteiger partial charge in [0.25, 0.3) is 5.56 Å². The van der Waals surface area contributed by atoms with E-state index in [1.54, 1.807) is 29.0 Å². The van der Waals surface area contributed by atoms with E-state index in [1.807, 2.05) is 12.1 Å². The highest BCUT2D eigenvalue weighted by Gasteiger charge is 2.20. The fourth-order valence-electron chi connectivity index (χ4n) is 3.08. The van der Waals surface area contributed by atoms with Gasteiger partial charge in [-0.25, -0.2) is 9.97 Å². The summed E-state index contributed by atoms with van der Waals surface area (Å²) >= 11 is 13.6. The van der Waals surface area contributed by atoms with E-state index in [1.165, 1.54) is 11.8 Å². The van der Waals surface area contributed by atoms with Crippen LogP contribution in [0.1, 0.15) is 18.4 Å². The number of aromatic nitrogens is 3. The number of fused-ring (bicyclic) bond motifs is 1. The number of benzene rings is 1. The Kier molecular flexibility index (Phi) is 5.68. The number of ether oxygens (including phenoxy) is 1. The molecular weight excluding hydrogens is 405 g/mol. The lowest BCUT2D eigenvalue weighted by molar-refractivity contribution is 0.0937. The van der Waals surface area contributed by atoms with Crippen LogP contribution in [0.2, 0.25) is 10.0 Å². The molecule has 27 heavy (non-hydrogen) atoms. The Morgan fingerprint density at radius 3 is 2.93 bits per heavy atom. The molecule has 0 radical (unpaired) electrons. The molecule has 5 nitrogen and oxygen atoms in total. The van der Waals surface area contributed by atoms with Crippen molar-refractivity contribution in [3.05, 3.63) is 62.5 Å². The number of pyridine rings is 1. The van der Waals surface area contributed by atoms with Gasteiger partial charge in [0.15, 0.2) is 10.8 Å². The van der Waals surface area contributed by atoms with Gasteiger partial charge in [0, 0.05) is 18.6 Å². The van der Waals surface area contributed by atoms with Crippen molar-refractivity contribution >= 4 is 46.0 Å². The van der Waals surface area contributed by atoms with Crippen LogP contribution in [-0.4, -0.2) is 27.2 Å². The van der Waals surface area contributed by atoms with Crippen LogP contribution in [-0.2, 0) is 17.0 Å². The molecule has 1 fully saturated rings. The summed E-state index contributed by atoms with van der Waals surface area (Å²) in [6, 6.07) is 9.04. The summed E-state index contributed by atoms with van der Waals surface area (Å²) in [4.78, 5) is 21.9. The van der Waals surface area contributed by atoms with E-state index in [-0.39, 0.29) is 11.7 Å². The first-order valence-corrected chi connectivity index (χ1v) is 10.4. The van der Waals surface area contributed by atoms with Crippen molar-refractivity contribution in [3.63, 3.8) is 0 Å². The van der Waals surface area contributed by atoms with E-state index < -0.39 is 0 Å². The van der Waals surface area contributed by atoms with Crippen molar-refractivity contribution in [3.8, 4) is 0 Å². The third-order valence-corrected chi connectivity index (χ3v) is 6.24. The fourth-order valence-corrected chi connectivity index (χ4v) is 4.34. The Morgan fingerprint density at radius 1 is 1.26 bits per heavy atom. The number of hydrogen-bond acceptors (Lipinski definition) is 5. The minimum atomic E-state index is -0.0831. The van der Waals surface area contributed by atoms with Crippen molar-refractivity contribution in [2.75, 3.05) is 6.61 Å². The Morgan fingerprint density at radius 2 is 2.15 bits per heavy atom. The van der Waals surface area contributed by atoms with Gasteiger partial charge < -0.3 is 4.74 Å². The van der Waals surface area contributed by atoms with Crippen molar-refractivity contribution in [1.82, 2.24) is 14.5 Å². The largest absolute Gasteiger partial charge is 0.376 e. The molecule has 0 aliphatic carbocycles. The number of hydrogen-bond donors (Lipinski definition) is 0. The molecule has 4 rings (SSSR count). The maximum absolute atomic E-state index is 13.0. The predicted octanol–water partition coefficient (Wildman–Crippen LogP) is 4.57. The van der Waals surface area contributed by atoms with Crippen LogP contribution in [0.25, 0.3) is 11.0 Å². The van der Waals surface area contributed by atoms with E-state index in [2.05, 4.69) is 9.97 Å². The molecule has 3 heterocycles. The average Bonchev–Trinajstić information content (AvgIpc) is 3.18. The highest BCUT2D eigenvalue weighted by molar-refractivity contribution is 7.98. The molecule has 1 saturated heterocycles. The van der Waals surface area contributed by atoms with E-state index in [9.17, 15) is 4.79 Å². The van der Waals surface area contributed by atoms with Gasteiger partial charge in [-0.2, -0.15) is 0 Å². The molecule has 8 heteroatoms. The molecule has 1 unspecified atom stereocenters. The van der Waals surface area contributed by atoms with Crippen LogP contribution in [0, 0.1) is 0 Å². The van der Waals surface area contributed by atoms with Gasteiger partial charge in [0.1, 0.15) is 0 Å². The lowest BCUT2D eigenvalue weighted by Gasteiger charge is -2.16. The molecule has 1 aromatic carbocycles. The summed E-state index contributed by atoms with van der Waals surface area (Å²) in [6.45, 7) is 1.24. The van der Waals surface area contributed by atoms with Crippen molar-refractivity contribution in [1.29, 1.82) is 0 Å². The number of thioether (sulfide) groups is 1. The SMILES string of the molecule is O=c1c2cccnc2nc(SCc2ccc(Cl)c(Cl)c2)n1CC1CCCO1. The average molecular weight is 422 g/mol. The molecule has 0 amide bonds. The first-order chi connectivity index (χ1) is 13.1. The zero-order chi connectivity index (χ0) is 18.8. The monoisotopic (exact) mass is 421 g/mol. The molecule has 0 bridgehead atoms. The van der Waals surface area contributed by atoms with E-state index in [0.29, 0.717) is 38.5 Å². The van der Waals surface area contributed by atoms with Crippen LogP contribution in [0.15, 0.2) is 46.5 Å². The molecular formula is C19H17Cl2N3O2S. The molecule has 0 N–H and O–H groups in total. The second-order valence-corrected chi connectivity index (χ2v) is 8.11. The first kappa shape index (κ1) is 18.7. The second-order valence-electron chi connectivity index (χ2n) is 6.36. The summed E-state index contributed by atoms with van der Waals surface area (Å²) in [5, 5.41) is 2.19.